The van der Waals surface area contributed by atoms with E-state index in [2.05, 4.69) is 15.2 Å². The molecule has 13 heteroatoms. The molecule has 0 amide bonds. The fraction of sp³-hybridized carbons (Fsp3) is 0. The summed E-state index contributed by atoms with van der Waals surface area (Å²) in [6.07, 6.45) is 0. The van der Waals surface area contributed by atoms with E-state index in [9.17, 15) is 21.4 Å². The first-order valence-corrected chi connectivity index (χ1v) is 10.4. The molecule has 2 N–H and O–H groups in total. The van der Waals surface area contributed by atoms with Crippen molar-refractivity contribution in [3.05, 3.63) is 59.6 Å². The zero-order valence-corrected chi connectivity index (χ0v) is 16.6. The lowest BCUT2D eigenvalue weighted by molar-refractivity contribution is -0.0000140. The molecule has 150 valence electrons. The van der Waals surface area contributed by atoms with E-state index in [0.717, 1.165) is 18.2 Å². The summed E-state index contributed by atoms with van der Waals surface area (Å²) in [7, 11) is -8.77. The number of fused-ring (bicyclic) bond motifs is 1. The second kappa shape index (κ2) is 8.19. The molecule has 3 aromatic rings. The van der Waals surface area contributed by atoms with E-state index < -0.39 is 20.2 Å². The lowest BCUT2D eigenvalue weighted by Crippen LogP contribution is -3.00. The smallest absolute Gasteiger partial charge is 0.392 e. The Labute approximate surface area is 171 Å². The Hall–Kier alpha value is -2.95. The average molecular weight is 455 g/mol. The average Bonchev–Trinajstić information content (AvgIpc) is 2.64. The number of nitrogens with zero attached hydrogens (tertiary/aromatic N) is 4. The molecule has 0 aliphatic carbocycles. The highest BCUT2D eigenvalue weighted by Crippen LogP contribution is 2.35. The molecule has 0 unspecified atom stereocenters. The Balaban J connectivity index is 0.00000300. The molecule has 0 fully saturated rings. The number of halogens is 1. The maximum absolute atomic E-state index is 11.3. The Morgan fingerprint density at radius 3 is 1.90 bits per heavy atom. The van der Waals surface area contributed by atoms with E-state index in [1.807, 2.05) is 0 Å². The van der Waals surface area contributed by atoms with Crippen molar-refractivity contribution in [2.45, 2.75) is 9.79 Å². The third-order valence-electron chi connectivity index (χ3n) is 3.76. The van der Waals surface area contributed by atoms with Gasteiger partial charge >= 0.3 is 5.69 Å². The number of azo groups is 1. The van der Waals surface area contributed by atoms with Gasteiger partial charge in [-0.2, -0.15) is 21.9 Å². The van der Waals surface area contributed by atoms with E-state index in [1.165, 1.54) is 36.4 Å². The Morgan fingerprint density at radius 2 is 1.34 bits per heavy atom. The van der Waals surface area contributed by atoms with Gasteiger partial charge in [0.05, 0.1) is 26.6 Å². The minimum atomic E-state index is -4.45. The third-order valence-corrected chi connectivity index (χ3v) is 5.47. The lowest BCUT2D eigenvalue weighted by Gasteiger charge is -2.02. The minimum Gasteiger partial charge on any atom is -1.00 e. The van der Waals surface area contributed by atoms with Crippen molar-refractivity contribution in [3.63, 3.8) is 0 Å². The second-order valence-corrected chi connectivity index (χ2v) is 8.40. The van der Waals surface area contributed by atoms with Gasteiger partial charge in [-0.05, 0) is 42.5 Å². The van der Waals surface area contributed by atoms with Crippen LogP contribution in [0.25, 0.3) is 15.7 Å². The summed E-state index contributed by atoms with van der Waals surface area (Å²) in [5.74, 6) is 0. The third kappa shape index (κ3) is 4.91. The Morgan fingerprint density at radius 1 is 0.759 bits per heavy atom. The van der Waals surface area contributed by atoms with Crippen molar-refractivity contribution in [2.24, 2.45) is 10.2 Å². The molecule has 0 saturated carbocycles. The van der Waals surface area contributed by atoms with Crippen molar-refractivity contribution in [3.8, 4) is 0 Å². The van der Waals surface area contributed by atoms with Gasteiger partial charge < -0.3 is 12.4 Å². The van der Waals surface area contributed by atoms with Gasteiger partial charge in [0.1, 0.15) is 0 Å². The van der Waals surface area contributed by atoms with Crippen molar-refractivity contribution < 1.29 is 38.3 Å². The zero-order chi connectivity index (χ0) is 20.5. The number of benzene rings is 3. The normalized spacial score (nSPS) is 11.9. The molecule has 0 aliphatic heterocycles. The second-order valence-electron chi connectivity index (χ2n) is 5.56. The van der Waals surface area contributed by atoms with Crippen LogP contribution in [-0.2, 0) is 20.2 Å². The van der Waals surface area contributed by atoms with Gasteiger partial charge in [0, 0.05) is 11.5 Å². The number of rotatable bonds is 4. The molecule has 10 nitrogen and oxygen atoms in total. The molecular weight excluding hydrogens is 444 g/mol. The molecule has 0 aromatic heterocycles. The van der Waals surface area contributed by atoms with Crippen LogP contribution in [0.2, 0.25) is 0 Å². The number of hydrogen-bond donors (Lipinski definition) is 2. The van der Waals surface area contributed by atoms with Crippen LogP contribution < -0.4 is 12.4 Å². The van der Waals surface area contributed by atoms with E-state index in [1.54, 1.807) is 0 Å². The van der Waals surface area contributed by atoms with Crippen LogP contribution in [0.3, 0.4) is 0 Å². The molecule has 3 rings (SSSR count). The van der Waals surface area contributed by atoms with E-state index >= 15 is 0 Å². The Bertz CT molecular complexity index is 1370. The highest BCUT2D eigenvalue weighted by atomic mass is 35.5. The Kier molecular flexibility index (Phi) is 6.31. The standard InChI is InChI=1S/C16H10N4O6S2.ClH/c17-18-15-7-8-16(13-6-5-12(9-14(13)15)28(24,25)26)20-19-10-1-3-11(4-2-10)27(21,22)23;/h1-9H,(H-,21,22,23,24,25,26);1H. The SMILES string of the molecule is N#[N+]c1ccc(N=Nc2ccc(S(=O)(=O)O)cc2)c2ccc(S(=O)(=O)O)cc12.[Cl-]. The van der Waals surface area contributed by atoms with Gasteiger partial charge in [0.2, 0.25) is 5.39 Å². The maximum atomic E-state index is 11.3. The van der Waals surface area contributed by atoms with E-state index in [4.69, 9.17) is 9.95 Å². The summed E-state index contributed by atoms with van der Waals surface area (Å²) >= 11 is 0. The van der Waals surface area contributed by atoms with Crippen LogP contribution >= 0.6 is 0 Å². The summed E-state index contributed by atoms with van der Waals surface area (Å²) in [6, 6.07) is 11.5. The van der Waals surface area contributed by atoms with E-state index in [-0.39, 0.29) is 33.3 Å². The predicted molar refractivity (Wildman–Crippen MR) is 98.9 cm³/mol. The summed E-state index contributed by atoms with van der Waals surface area (Å²) in [4.78, 5) is 2.42. The molecular formula is C16H11ClN4O6S2. The largest absolute Gasteiger partial charge is 1.00 e. The lowest BCUT2D eigenvalue weighted by atomic mass is 10.1. The molecule has 0 bridgehead atoms. The molecule has 0 atom stereocenters. The molecule has 0 heterocycles. The van der Waals surface area contributed by atoms with E-state index in [0.29, 0.717) is 16.8 Å². The van der Waals surface area contributed by atoms with Crippen molar-refractivity contribution >= 4 is 48.1 Å². The van der Waals surface area contributed by atoms with Crippen molar-refractivity contribution in [2.75, 3.05) is 0 Å². The zero-order valence-electron chi connectivity index (χ0n) is 14.2. The van der Waals surface area contributed by atoms with Crippen LogP contribution in [0, 0.1) is 5.39 Å². The van der Waals surface area contributed by atoms with Crippen LogP contribution in [0.5, 0.6) is 0 Å². The summed E-state index contributed by atoms with van der Waals surface area (Å²) in [6.45, 7) is 0. The molecule has 0 radical (unpaired) electrons. The fourth-order valence-corrected chi connectivity index (χ4v) is 3.41. The summed E-state index contributed by atoms with van der Waals surface area (Å²) in [5.41, 5.74) is 0.672. The highest BCUT2D eigenvalue weighted by Gasteiger charge is 2.18. The number of diazo groups is 1. The quantitative estimate of drug-likeness (QED) is 0.340. The highest BCUT2D eigenvalue weighted by molar-refractivity contribution is 7.86. The first-order valence-electron chi connectivity index (χ1n) is 7.48. The topological polar surface area (TPSA) is 162 Å². The fourth-order valence-electron chi connectivity index (χ4n) is 2.43. The summed E-state index contributed by atoms with van der Waals surface area (Å²) in [5, 5.41) is 17.7. The first kappa shape index (κ1) is 22.3. The molecule has 0 aliphatic rings. The number of hydrogen-bond acceptors (Lipinski definition) is 7. The van der Waals surface area contributed by atoms with Gasteiger partial charge in [-0.25, -0.2) is 0 Å². The molecule has 0 spiro atoms. The van der Waals surface area contributed by atoms with Gasteiger partial charge in [0.15, 0.2) is 4.98 Å². The van der Waals surface area contributed by atoms with Crippen molar-refractivity contribution in [1.29, 1.82) is 5.39 Å². The van der Waals surface area contributed by atoms with Crippen LogP contribution in [0.15, 0.2) is 74.6 Å². The van der Waals surface area contributed by atoms with Gasteiger partial charge in [-0.3, -0.25) is 9.11 Å². The predicted octanol–water partition coefficient (Wildman–Crippen LogP) is 1.24. The minimum absolute atomic E-state index is 0. The van der Waals surface area contributed by atoms with Crippen LogP contribution in [0.1, 0.15) is 0 Å². The van der Waals surface area contributed by atoms with Crippen LogP contribution in [0.4, 0.5) is 17.1 Å². The maximum Gasteiger partial charge on any atom is 0.392 e. The molecule has 3 aromatic carbocycles. The van der Waals surface area contributed by atoms with Gasteiger partial charge in [-0.1, -0.05) is 6.07 Å². The first-order chi connectivity index (χ1) is 13.1. The monoisotopic (exact) mass is 454 g/mol. The van der Waals surface area contributed by atoms with Gasteiger partial charge in [-0.15, -0.1) is 5.11 Å². The molecule has 29 heavy (non-hydrogen) atoms. The van der Waals surface area contributed by atoms with Crippen molar-refractivity contribution in [1.82, 2.24) is 0 Å². The summed E-state index contributed by atoms with van der Waals surface area (Å²) < 4.78 is 62.9. The molecule has 0 saturated heterocycles. The van der Waals surface area contributed by atoms with Gasteiger partial charge in [0.25, 0.3) is 20.2 Å². The van der Waals surface area contributed by atoms with Crippen LogP contribution in [-0.4, -0.2) is 25.9 Å².